The lowest BCUT2D eigenvalue weighted by Gasteiger charge is -2.35. The molecule has 218 valence electrons. The fourth-order valence-electron chi connectivity index (χ4n) is 11.3. The van der Waals surface area contributed by atoms with E-state index in [1.165, 1.54) is 36.0 Å². The van der Waals surface area contributed by atoms with E-state index < -0.39 is 7.59 Å². The predicted octanol–water partition coefficient (Wildman–Crippen LogP) is 7.85. The fraction of sp³-hybridized carbons (Fsp3) is 0.727. The molecule has 8 heteroatoms. The summed E-state index contributed by atoms with van der Waals surface area (Å²) in [5, 5.41) is 15.8. The number of aromatic nitrogens is 6. The average molecular weight is 573 g/mol. The maximum atomic E-state index is 15.9. The summed E-state index contributed by atoms with van der Waals surface area (Å²) < 4.78 is 21.3. The zero-order valence-corrected chi connectivity index (χ0v) is 27.1. The van der Waals surface area contributed by atoms with E-state index in [1.54, 1.807) is 13.4 Å². The molecule has 0 radical (unpaired) electrons. The second-order valence-corrected chi connectivity index (χ2v) is 19.3. The topological polar surface area (TPSA) is 70.5 Å². The van der Waals surface area contributed by atoms with E-state index in [-0.39, 0.29) is 32.5 Å². The lowest BCUT2D eigenvalue weighted by molar-refractivity contribution is 0.223. The maximum Gasteiger partial charge on any atom is 0.418 e. The van der Waals surface area contributed by atoms with Crippen molar-refractivity contribution in [2.24, 2.45) is 16.2 Å². The molecule has 6 bridgehead atoms. The van der Waals surface area contributed by atoms with Crippen LogP contribution in [-0.2, 0) is 20.8 Å². The van der Waals surface area contributed by atoms with Crippen LogP contribution in [-0.4, -0.2) is 28.7 Å². The SMILES string of the molecule is CC1(C)[C@@H]2CC[C@@]1(C)c1nn(P(=O)(n3cc4c(n3)[C@]3(C)CC[C@H]4C3(C)C)n3cc4c(n3)[C@]3(C)CC[C@H]4C3(C)C)cc12. The third-order valence-electron chi connectivity index (χ3n) is 15.4. The van der Waals surface area contributed by atoms with Gasteiger partial charge in [-0.1, -0.05) is 62.3 Å². The molecule has 6 atom stereocenters. The zero-order chi connectivity index (χ0) is 28.9. The lowest BCUT2D eigenvalue weighted by Crippen LogP contribution is -2.33. The highest BCUT2D eigenvalue weighted by Gasteiger charge is 2.65. The van der Waals surface area contributed by atoms with Gasteiger partial charge in [0.1, 0.15) is 0 Å². The summed E-state index contributed by atoms with van der Waals surface area (Å²) in [7, 11) is -3.61. The van der Waals surface area contributed by atoms with Crippen molar-refractivity contribution in [3.05, 3.63) is 52.4 Å². The summed E-state index contributed by atoms with van der Waals surface area (Å²) in [6, 6.07) is 0. The van der Waals surface area contributed by atoms with Gasteiger partial charge in [-0.3, -0.25) is 0 Å². The number of rotatable bonds is 3. The van der Waals surface area contributed by atoms with Gasteiger partial charge in [0.15, 0.2) is 0 Å². The minimum Gasteiger partial charge on any atom is -0.244 e. The normalized spacial score (nSPS) is 39.5. The van der Waals surface area contributed by atoms with E-state index >= 15 is 4.57 Å². The van der Waals surface area contributed by atoms with Crippen LogP contribution in [0.4, 0.5) is 0 Å². The van der Waals surface area contributed by atoms with E-state index in [0.717, 1.165) is 36.3 Å². The molecule has 0 N–H and O–H groups in total. The molecule has 0 unspecified atom stereocenters. The van der Waals surface area contributed by atoms with Gasteiger partial charge in [0, 0.05) is 34.8 Å². The van der Waals surface area contributed by atoms with Crippen LogP contribution in [0.25, 0.3) is 0 Å². The molecule has 6 aliphatic carbocycles. The summed E-state index contributed by atoms with van der Waals surface area (Å²) in [4.78, 5) is 0. The smallest absolute Gasteiger partial charge is 0.244 e. The summed E-state index contributed by atoms with van der Waals surface area (Å²) in [6.45, 7) is 21.5. The molecule has 0 spiro atoms. The van der Waals surface area contributed by atoms with Crippen molar-refractivity contribution in [3.8, 4) is 0 Å². The van der Waals surface area contributed by atoms with E-state index in [0.29, 0.717) is 17.8 Å². The number of fused-ring (bicyclic) bond motifs is 15. The molecule has 0 amide bonds. The first-order chi connectivity index (χ1) is 19.0. The highest BCUT2D eigenvalue weighted by atomic mass is 31.2. The Morgan fingerprint density at radius 2 is 0.829 bits per heavy atom. The van der Waals surface area contributed by atoms with Crippen LogP contribution in [0.2, 0.25) is 0 Å². The standard InChI is InChI=1S/C33H45N6OP/c1-28(2)22-10-13-31(28,7)25-19(22)16-37(34-25)41(40,38-17-20-23-11-14-32(8,26(20)35-38)29(23,3)4)39-18-21-24-12-15-33(9,27(21)36-39)30(24,5)6/h16-18,22-24H,10-15H2,1-9H3/t22-,23-,24-,31+,32+,33+/m1/s1. The molecule has 3 aromatic heterocycles. The first kappa shape index (κ1) is 25.4. The molecule has 3 fully saturated rings. The van der Waals surface area contributed by atoms with E-state index in [2.05, 4.69) is 80.9 Å². The molecular weight excluding hydrogens is 527 g/mol. The number of hydrogen-bond donors (Lipinski definition) is 0. The van der Waals surface area contributed by atoms with Crippen molar-refractivity contribution in [3.63, 3.8) is 0 Å². The molecule has 0 aliphatic heterocycles. The summed E-state index contributed by atoms with van der Waals surface area (Å²) >= 11 is 0. The van der Waals surface area contributed by atoms with Crippen LogP contribution in [0.15, 0.2) is 18.6 Å². The van der Waals surface area contributed by atoms with Crippen LogP contribution in [0.3, 0.4) is 0 Å². The Kier molecular flexibility index (Phi) is 4.12. The molecular formula is C33H45N6OP. The Labute approximate surface area is 244 Å². The number of nitrogens with zero attached hydrogens (tertiary/aromatic N) is 6. The highest BCUT2D eigenvalue weighted by Crippen LogP contribution is 2.71. The molecule has 3 heterocycles. The third kappa shape index (κ3) is 2.32. The molecule has 3 saturated carbocycles. The molecule has 7 nitrogen and oxygen atoms in total. The van der Waals surface area contributed by atoms with Gasteiger partial charge in [0.05, 0.1) is 17.1 Å². The van der Waals surface area contributed by atoms with Crippen LogP contribution >= 0.6 is 7.59 Å². The first-order valence-corrected chi connectivity index (χ1v) is 17.5. The van der Waals surface area contributed by atoms with E-state index in [9.17, 15) is 0 Å². The quantitative estimate of drug-likeness (QED) is 0.300. The second kappa shape index (κ2) is 6.66. The van der Waals surface area contributed by atoms with Crippen LogP contribution in [0.1, 0.15) is 152 Å². The summed E-state index contributed by atoms with van der Waals surface area (Å²) in [5.74, 6) is 1.34. The van der Waals surface area contributed by atoms with Crippen molar-refractivity contribution in [2.45, 2.75) is 135 Å². The summed E-state index contributed by atoms with van der Waals surface area (Å²) in [5.41, 5.74) is 7.72. The Hall–Kier alpha value is -2.14. The average Bonchev–Trinajstić information content (AvgIpc) is 3.74. The van der Waals surface area contributed by atoms with Gasteiger partial charge in [0.2, 0.25) is 0 Å². The second-order valence-electron chi connectivity index (χ2n) is 17.0. The lowest BCUT2D eigenvalue weighted by atomic mass is 9.70. The van der Waals surface area contributed by atoms with Crippen LogP contribution in [0, 0.1) is 16.2 Å². The van der Waals surface area contributed by atoms with Crippen molar-refractivity contribution in [2.75, 3.05) is 0 Å². The van der Waals surface area contributed by atoms with Gasteiger partial charge in [-0.05, 0) is 89.2 Å². The Balaban J connectivity index is 1.26. The van der Waals surface area contributed by atoms with E-state index in [4.69, 9.17) is 15.3 Å². The molecule has 0 aromatic carbocycles. The Bertz CT molecular complexity index is 1550. The molecule has 41 heavy (non-hydrogen) atoms. The Morgan fingerprint density at radius 1 is 0.561 bits per heavy atom. The van der Waals surface area contributed by atoms with Crippen molar-refractivity contribution in [1.82, 2.24) is 28.7 Å². The fourth-order valence-corrected chi connectivity index (χ4v) is 13.3. The van der Waals surface area contributed by atoms with Crippen molar-refractivity contribution >= 4 is 7.59 Å². The van der Waals surface area contributed by atoms with Crippen molar-refractivity contribution < 1.29 is 4.57 Å². The van der Waals surface area contributed by atoms with Gasteiger partial charge in [-0.25, -0.2) is 4.57 Å². The van der Waals surface area contributed by atoms with Crippen LogP contribution in [0.5, 0.6) is 0 Å². The molecule has 6 aliphatic rings. The van der Waals surface area contributed by atoms with Gasteiger partial charge >= 0.3 is 7.59 Å². The third-order valence-corrected chi connectivity index (χ3v) is 17.6. The monoisotopic (exact) mass is 572 g/mol. The molecule has 3 aromatic rings. The number of hydrogen-bond acceptors (Lipinski definition) is 4. The highest BCUT2D eigenvalue weighted by molar-refractivity contribution is 7.58. The zero-order valence-electron chi connectivity index (χ0n) is 26.2. The van der Waals surface area contributed by atoms with Crippen LogP contribution < -0.4 is 0 Å². The van der Waals surface area contributed by atoms with Crippen molar-refractivity contribution in [1.29, 1.82) is 0 Å². The predicted molar refractivity (Wildman–Crippen MR) is 160 cm³/mol. The van der Waals surface area contributed by atoms with Gasteiger partial charge < -0.3 is 0 Å². The minimum absolute atomic E-state index is 0.00591. The Morgan fingerprint density at radius 3 is 1.07 bits per heavy atom. The van der Waals surface area contributed by atoms with Gasteiger partial charge in [-0.15, -0.1) is 0 Å². The minimum atomic E-state index is -3.61. The van der Waals surface area contributed by atoms with E-state index in [1.807, 2.05) is 0 Å². The maximum absolute atomic E-state index is 15.9. The molecule has 0 saturated heterocycles. The van der Waals surface area contributed by atoms with Gasteiger partial charge in [0.25, 0.3) is 0 Å². The first-order valence-electron chi connectivity index (χ1n) is 16.0. The van der Waals surface area contributed by atoms with Gasteiger partial charge in [-0.2, -0.15) is 28.7 Å². The summed E-state index contributed by atoms with van der Waals surface area (Å²) in [6.07, 6.45) is 13.3. The molecule has 9 rings (SSSR count). The largest absolute Gasteiger partial charge is 0.418 e.